The van der Waals surface area contributed by atoms with E-state index in [-0.39, 0.29) is 12.5 Å². The van der Waals surface area contributed by atoms with Gasteiger partial charge in [-0.15, -0.1) is 0 Å². The van der Waals surface area contributed by atoms with Crippen molar-refractivity contribution in [2.24, 2.45) is 0 Å². The highest BCUT2D eigenvalue weighted by Gasteiger charge is 2.17. The summed E-state index contributed by atoms with van der Waals surface area (Å²) in [5.74, 6) is -0.0824. The first-order valence-electron chi connectivity index (χ1n) is 20.0. The largest absolute Gasteiger partial charge is 0.394 e. The molecule has 0 aromatic rings. The molecule has 0 fully saturated rings. The smallest absolute Gasteiger partial charge is 0.220 e. The van der Waals surface area contributed by atoms with Crippen molar-refractivity contribution >= 4 is 5.91 Å². The van der Waals surface area contributed by atoms with Gasteiger partial charge in [0.2, 0.25) is 5.91 Å². The van der Waals surface area contributed by atoms with Gasteiger partial charge in [-0.05, 0) is 64.2 Å². The first-order valence-corrected chi connectivity index (χ1v) is 20.0. The molecule has 0 heterocycles. The van der Waals surface area contributed by atoms with Crippen LogP contribution in [0.25, 0.3) is 0 Å². The SMILES string of the molecule is CCCC/C=C/CC/C=C/C(O)C(CO)NC(=O)CCCCCCCCCCCCCC/C=C\C/C=C\C/C=C\CCCCCCC. The average molecular weight is 656 g/mol. The first-order chi connectivity index (χ1) is 23.2. The Kier molecular flexibility index (Phi) is 37.0. The zero-order chi connectivity index (χ0) is 34.3. The summed E-state index contributed by atoms with van der Waals surface area (Å²) in [6.45, 7) is 4.20. The molecule has 0 rings (SSSR count). The van der Waals surface area contributed by atoms with Crippen molar-refractivity contribution in [3.63, 3.8) is 0 Å². The minimum atomic E-state index is -0.861. The number of carbonyl (C=O) groups excluding carboxylic acids is 1. The van der Waals surface area contributed by atoms with Gasteiger partial charge in [0.05, 0.1) is 18.8 Å². The van der Waals surface area contributed by atoms with Crippen LogP contribution in [0, 0.1) is 0 Å². The van der Waals surface area contributed by atoms with Crippen molar-refractivity contribution in [1.29, 1.82) is 0 Å². The molecule has 1 amide bonds. The Morgan fingerprint density at radius 2 is 0.915 bits per heavy atom. The molecule has 0 aliphatic carbocycles. The minimum Gasteiger partial charge on any atom is -0.394 e. The molecule has 0 spiro atoms. The summed E-state index contributed by atoms with van der Waals surface area (Å²) in [7, 11) is 0. The molecule has 0 radical (unpaired) electrons. The lowest BCUT2D eigenvalue weighted by atomic mass is 10.0. The zero-order valence-corrected chi connectivity index (χ0v) is 31.0. The van der Waals surface area contributed by atoms with E-state index in [1.54, 1.807) is 6.08 Å². The maximum absolute atomic E-state index is 12.3. The molecule has 0 aromatic carbocycles. The molecule has 0 saturated heterocycles. The van der Waals surface area contributed by atoms with E-state index < -0.39 is 12.1 Å². The molecule has 3 N–H and O–H groups in total. The van der Waals surface area contributed by atoms with Gasteiger partial charge < -0.3 is 15.5 Å². The van der Waals surface area contributed by atoms with Crippen LogP contribution in [-0.2, 0) is 4.79 Å². The molecule has 0 bridgehead atoms. The molecule has 272 valence electrons. The van der Waals surface area contributed by atoms with E-state index in [9.17, 15) is 15.0 Å². The van der Waals surface area contributed by atoms with Gasteiger partial charge in [-0.2, -0.15) is 0 Å². The highest BCUT2D eigenvalue weighted by atomic mass is 16.3. The lowest BCUT2D eigenvalue weighted by Gasteiger charge is -2.19. The topological polar surface area (TPSA) is 69.6 Å². The molecule has 4 nitrogen and oxygen atoms in total. The fourth-order valence-electron chi connectivity index (χ4n) is 5.60. The second kappa shape index (κ2) is 38.5. The Labute approximate surface area is 292 Å². The Bertz CT molecular complexity index is 797. The summed E-state index contributed by atoms with van der Waals surface area (Å²) in [5.41, 5.74) is 0. The predicted octanol–water partition coefficient (Wildman–Crippen LogP) is 12.2. The van der Waals surface area contributed by atoms with Crippen LogP contribution in [0.3, 0.4) is 0 Å². The Morgan fingerprint density at radius 3 is 1.45 bits per heavy atom. The summed E-state index contributed by atoms with van der Waals surface area (Å²) in [6, 6.07) is -0.638. The second-order valence-corrected chi connectivity index (χ2v) is 13.3. The fraction of sp³-hybridized carbons (Fsp3) is 0.744. The van der Waals surface area contributed by atoms with Gasteiger partial charge >= 0.3 is 0 Å². The van der Waals surface area contributed by atoms with Crippen LogP contribution in [-0.4, -0.2) is 34.9 Å². The predicted molar refractivity (Wildman–Crippen MR) is 207 cm³/mol. The molecule has 2 unspecified atom stereocenters. The van der Waals surface area contributed by atoms with E-state index in [2.05, 4.69) is 67.8 Å². The number of rotatable bonds is 35. The quantitative estimate of drug-likeness (QED) is 0.0470. The summed E-state index contributed by atoms with van der Waals surface area (Å²) in [5, 5.41) is 22.7. The molecule has 0 saturated carbocycles. The highest BCUT2D eigenvalue weighted by Crippen LogP contribution is 2.13. The van der Waals surface area contributed by atoms with Crippen molar-refractivity contribution in [1.82, 2.24) is 5.32 Å². The average Bonchev–Trinajstić information content (AvgIpc) is 3.07. The summed E-state index contributed by atoms with van der Waals surface area (Å²) in [4.78, 5) is 12.3. The van der Waals surface area contributed by atoms with Crippen molar-refractivity contribution in [2.45, 2.75) is 199 Å². The number of aliphatic hydroxyl groups is 2. The maximum atomic E-state index is 12.3. The van der Waals surface area contributed by atoms with Gasteiger partial charge in [0.15, 0.2) is 0 Å². The van der Waals surface area contributed by atoms with Gasteiger partial charge in [-0.3, -0.25) is 4.79 Å². The molecular formula is C43H77NO3. The van der Waals surface area contributed by atoms with Crippen LogP contribution in [0.1, 0.15) is 187 Å². The van der Waals surface area contributed by atoms with Crippen molar-refractivity contribution in [3.8, 4) is 0 Å². The van der Waals surface area contributed by atoms with Gasteiger partial charge in [-0.25, -0.2) is 0 Å². The molecular weight excluding hydrogens is 578 g/mol. The van der Waals surface area contributed by atoms with E-state index in [0.29, 0.717) is 6.42 Å². The maximum Gasteiger partial charge on any atom is 0.220 e. The van der Waals surface area contributed by atoms with E-state index in [4.69, 9.17) is 0 Å². The third-order valence-corrected chi connectivity index (χ3v) is 8.72. The third kappa shape index (κ3) is 35.2. The number of aliphatic hydroxyl groups excluding tert-OH is 2. The number of carbonyl (C=O) groups is 1. The molecule has 4 heteroatoms. The monoisotopic (exact) mass is 656 g/mol. The molecule has 0 aliphatic heterocycles. The number of nitrogens with one attached hydrogen (secondary N) is 1. The van der Waals surface area contributed by atoms with E-state index in [1.807, 2.05) is 6.08 Å². The summed E-state index contributed by atoms with van der Waals surface area (Å²) < 4.78 is 0. The van der Waals surface area contributed by atoms with Crippen molar-refractivity contribution < 1.29 is 15.0 Å². The molecule has 0 aliphatic rings. The first kappa shape index (κ1) is 45.1. The van der Waals surface area contributed by atoms with Crippen molar-refractivity contribution in [2.75, 3.05) is 6.61 Å². The fourth-order valence-corrected chi connectivity index (χ4v) is 5.60. The molecule has 0 aromatic heterocycles. The Hall–Kier alpha value is -1.91. The Morgan fingerprint density at radius 1 is 0.511 bits per heavy atom. The number of allylic oxidation sites excluding steroid dienone is 9. The third-order valence-electron chi connectivity index (χ3n) is 8.72. The molecule has 47 heavy (non-hydrogen) atoms. The van der Waals surface area contributed by atoms with E-state index in [1.165, 1.54) is 122 Å². The van der Waals surface area contributed by atoms with Gasteiger partial charge in [-0.1, -0.05) is 177 Å². The van der Waals surface area contributed by atoms with Crippen LogP contribution in [0.2, 0.25) is 0 Å². The lowest BCUT2D eigenvalue weighted by Crippen LogP contribution is -2.45. The minimum absolute atomic E-state index is 0.0824. The van der Waals surface area contributed by atoms with Gasteiger partial charge in [0, 0.05) is 6.42 Å². The normalized spacial score (nSPS) is 13.7. The number of amides is 1. The van der Waals surface area contributed by atoms with Gasteiger partial charge in [0.25, 0.3) is 0 Å². The van der Waals surface area contributed by atoms with Crippen molar-refractivity contribution in [3.05, 3.63) is 60.8 Å². The summed E-state index contributed by atoms with van der Waals surface area (Å²) in [6.07, 6.45) is 53.3. The van der Waals surface area contributed by atoms with Crippen LogP contribution in [0.4, 0.5) is 0 Å². The Balaban J connectivity index is 3.53. The van der Waals surface area contributed by atoms with Crippen LogP contribution < -0.4 is 5.32 Å². The highest BCUT2D eigenvalue weighted by molar-refractivity contribution is 5.76. The van der Waals surface area contributed by atoms with Crippen LogP contribution in [0.15, 0.2) is 60.8 Å². The van der Waals surface area contributed by atoms with Crippen LogP contribution in [0.5, 0.6) is 0 Å². The zero-order valence-electron chi connectivity index (χ0n) is 31.0. The number of unbranched alkanes of at least 4 members (excludes halogenated alkanes) is 20. The molecule has 2 atom stereocenters. The van der Waals surface area contributed by atoms with E-state index in [0.717, 1.165) is 44.9 Å². The summed E-state index contributed by atoms with van der Waals surface area (Å²) >= 11 is 0. The van der Waals surface area contributed by atoms with E-state index >= 15 is 0 Å². The number of hydrogen-bond acceptors (Lipinski definition) is 3. The second-order valence-electron chi connectivity index (χ2n) is 13.3. The lowest BCUT2D eigenvalue weighted by molar-refractivity contribution is -0.123. The number of hydrogen-bond donors (Lipinski definition) is 3. The standard InChI is InChI=1S/C43H77NO3/c1-3-5-7-9-11-13-14-15-16-17-18-19-20-21-22-23-24-25-26-27-28-29-30-31-33-35-37-39-43(47)44-41(40-45)42(46)38-36-34-32-12-10-8-6-4-2/h10,12,14-15,17-18,20-21,36,38,41-42,45-46H,3-9,11,13,16,19,22-35,37,39-40H2,1-2H3,(H,44,47)/b12-10+,15-14-,18-17-,21-20-,38-36+. The van der Waals surface area contributed by atoms with Crippen LogP contribution >= 0.6 is 0 Å². The van der Waals surface area contributed by atoms with Gasteiger partial charge in [0.1, 0.15) is 0 Å².